The van der Waals surface area contributed by atoms with E-state index in [1.54, 1.807) is 0 Å². The van der Waals surface area contributed by atoms with E-state index in [4.69, 9.17) is 30.9 Å². The molecule has 9 nitrogen and oxygen atoms in total. The topological polar surface area (TPSA) is 111 Å². The number of carbonyl (C=O) groups is 2. The lowest BCUT2D eigenvalue weighted by molar-refractivity contribution is -0.870. The van der Waals surface area contributed by atoms with Crippen molar-refractivity contribution in [2.24, 2.45) is 0 Å². The van der Waals surface area contributed by atoms with E-state index in [1.165, 1.54) is 57.8 Å². The van der Waals surface area contributed by atoms with Gasteiger partial charge in [-0.2, -0.15) is 0 Å². The summed E-state index contributed by atoms with van der Waals surface area (Å²) in [7, 11) is 0.993. The van der Waals surface area contributed by atoms with E-state index < -0.39 is 58.4 Å². The summed E-state index contributed by atoms with van der Waals surface area (Å²) in [5.41, 5.74) is 0. The average Bonchev–Trinajstić information content (AvgIpc) is 3.12. The SMILES string of the molecule is [2H]C([2H])([2H])C([2H])([2H])C([2H])([2H])C([2H])([2H])CCCCCCCCCCCC(=O)OC[C@H](COP(=O)([O-])OCC[N+](C)(C)C)OC(=O)CCCCCCCCCCCCCCC. The van der Waals surface area contributed by atoms with Crippen LogP contribution in [-0.4, -0.2) is 70.0 Å². The summed E-state index contributed by atoms with van der Waals surface area (Å²) < 4.78 is 103. The third-order valence-electron chi connectivity index (χ3n) is 8.48. The molecule has 0 aliphatic carbocycles. The van der Waals surface area contributed by atoms with Gasteiger partial charge in [0.2, 0.25) is 0 Å². The minimum absolute atomic E-state index is 0.0797. The Balaban J connectivity index is 4.52. The highest BCUT2D eigenvalue weighted by molar-refractivity contribution is 7.45. The minimum atomic E-state index is -4.69. The smallest absolute Gasteiger partial charge is 0.306 e. The summed E-state index contributed by atoms with van der Waals surface area (Å²) in [5.74, 6) is -1.01. The number of phosphoric ester groups is 1. The summed E-state index contributed by atoms with van der Waals surface area (Å²) in [6, 6.07) is 0. The molecule has 0 aliphatic heterocycles. The number of phosphoric acid groups is 1. The minimum Gasteiger partial charge on any atom is -0.756 e. The van der Waals surface area contributed by atoms with E-state index in [1.807, 2.05) is 21.1 Å². The van der Waals surface area contributed by atoms with Gasteiger partial charge in [-0.25, -0.2) is 0 Å². The highest BCUT2D eigenvalue weighted by Crippen LogP contribution is 2.38. The Kier molecular flexibility index (Phi) is 23.5. The molecule has 0 aromatic carbocycles. The number of likely N-dealkylation sites (N-methyl/N-ethyl adjacent to an activating group) is 1. The summed E-state index contributed by atoms with van der Waals surface area (Å²) in [6.45, 7) is -1.60. The second-order valence-electron chi connectivity index (χ2n) is 14.5. The maximum absolute atomic E-state index is 12.7. The first kappa shape index (κ1) is 34.8. The van der Waals surface area contributed by atoms with Gasteiger partial charge in [0.1, 0.15) is 19.8 Å². The molecule has 0 rings (SSSR count). The zero-order chi connectivity index (χ0) is 45.1. The average molecular weight is 743 g/mol. The third kappa shape index (κ3) is 36.8. The molecule has 0 saturated heterocycles. The van der Waals surface area contributed by atoms with Crippen molar-refractivity contribution < 1.29 is 54.4 Å². The summed E-state index contributed by atoms with van der Waals surface area (Å²) in [5, 5.41) is 0. The Morgan fingerprint density at radius 3 is 1.60 bits per heavy atom. The molecule has 298 valence electrons. The standard InChI is InChI=1S/C40H80NO8P/c1-6-8-10-12-14-16-18-20-22-24-26-28-30-32-39(42)46-36-38(37-48-50(44,45)47-35-34-41(3,4)5)49-40(43)33-31-29-27-25-23-21-19-17-15-13-11-9-7-2/h38H,6-37H2,1-5H3/t38-/m1/s1/i1D3,6D2,8D2,10D2. The Labute approximate surface area is 321 Å². The van der Waals surface area contributed by atoms with E-state index in [2.05, 4.69) is 6.92 Å². The zero-order valence-corrected chi connectivity index (χ0v) is 33.1. The molecule has 50 heavy (non-hydrogen) atoms. The van der Waals surface area contributed by atoms with Crippen LogP contribution in [0.15, 0.2) is 0 Å². The highest BCUT2D eigenvalue weighted by atomic mass is 31.2. The van der Waals surface area contributed by atoms with Crippen molar-refractivity contribution in [2.75, 3.05) is 47.5 Å². The van der Waals surface area contributed by atoms with Gasteiger partial charge in [0.15, 0.2) is 6.10 Å². The van der Waals surface area contributed by atoms with Crippen LogP contribution in [0, 0.1) is 0 Å². The molecule has 0 radical (unpaired) electrons. The normalized spacial score (nSPS) is 17.4. The molecule has 0 amide bonds. The van der Waals surface area contributed by atoms with E-state index in [0.717, 1.165) is 57.8 Å². The maximum Gasteiger partial charge on any atom is 0.306 e. The Morgan fingerprint density at radius 1 is 0.660 bits per heavy atom. The lowest BCUT2D eigenvalue weighted by Gasteiger charge is -2.28. The Morgan fingerprint density at radius 2 is 1.12 bits per heavy atom. The van der Waals surface area contributed by atoms with Crippen LogP contribution in [0.1, 0.15) is 206 Å². The molecule has 0 saturated carbocycles. The van der Waals surface area contributed by atoms with Crippen LogP contribution in [0.5, 0.6) is 0 Å². The van der Waals surface area contributed by atoms with Crippen molar-refractivity contribution in [1.82, 2.24) is 0 Å². The number of unbranched alkanes of at least 4 members (excludes halogenated alkanes) is 20. The fourth-order valence-electron chi connectivity index (χ4n) is 5.37. The van der Waals surface area contributed by atoms with Crippen LogP contribution in [-0.2, 0) is 32.7 Å². The van der Waals surface area contributed by atoms with Crippen LogP contribution < -0.4 is 4.89 Å². The number of quaternary nitrogens is 1. The van der Waals surface area contributed by atoms with Gasteiger partial charge in [-0.05, 0) is 12.8 Å². The highest BCUT2D eigenvalue weighted by Gasteiger charge is 2.21. The first-order valence-corrected chi connectivity index (χ1v) is 21.1. The lowest BCUT2D eigenvalue weighted by Crippen LogP contribution is -2.37. The number of nitrogens with zero attached hydrogens (tertiary/aromatic N) is 1. The molecule has 0 aliphatic rings. The van der Waals surface area contributed by atoms with Gasteiger partial charge < -0.3 is 27.9 Å². The molecule has 2 atom stereocenters. The lowest BCUT2D eigenvalue weighted by atomic mass is 10.0. The van der Waals surface area contributed by atoms with Gasteiger partial charge >= 0.3 is 11.9 Å². The summed E-state index contributed by atoms with van der Waals surface area (Å²) in [6.07, 6.45) is 11.6. The molecule has 0 aromatic rings. The molecular formula is C40H80NO8P. The van der Waals surface area contributed by atoms with Gasteiger partial charge in [0, 0.05) is 25.2 Å². The Hall–Kier alpha value is -0.990. The van der Waals surface area contributed by atoms with Crippen LogP contribution in [0.2, 0.25) is 0 Å². The van der Waals surface area contributed by atoms with Crippen molar-refractivity contribution in [3.8, 4) is 0 Å². The number of ether oxygens (including phenoxy) is 2. The predicted molar refractivity (Wildman–Crippen MR) is 204 cm³/mol. The monoisotopic (exact) mass is 743 g/mol. The molecule has 0 spiro atoms. The quantitative estimate of drug-likeness (QED) is 0.0266. The number of carbonyl (C=O) groups excluding carboxylic acids is 2. The number of rotatable bonds is 38. The number of esters is 2. The Bertz CT molecular complexity index is 1170. The van der Waals surface area contributed by atoms with Crippen molar-refractivity contribution in [3.05, 3.63) is 0 Å². The molecular weight excluding hydrogens is 653 g/mol. The first-order chi connectivity index (χ1) is 27.4. The zero-order valence-electron chi connectivity index (χ0n) is 41.2. The van der Waals surface area contributed by atoms with Crippen LogP contribution in [0.25, 0.3) is 0 Å². The first-order valence-electron chi connectivity index (χ1n) is 24.1. The summed E-state index contributed by atoms with van der Waals surface area (Å²) in [4.78, 5) is 37.5. The van der Waals surface area contributed by atoms with Crippen molar-refractivity contribution in [3.63, 3.8) is 0 Å². The maximum atomic E-state index is 12.7. The van der Waals surface area contributed by atoms with Gasteiger partial charge in [0.05, 0.1) is 27.7 Å². The van der Waals surface area contributed by atoms with E-state index in [-0.39, 0.29) is 32.5 Å². The van der Waals surface area contributed by atoms with E-state index in [0.29, 0.717) is 36.7 Å². The second-order valence-corrected chi connectivity index (χ2v) is 15.9. The molecule has 0 heterocycles. The van der Waals surface area contributed by atoms with Gasteiger partial charge in [-0.15, -0.1) is 0 Å². The molecule has 0 bridgehead atoms. The summed E-state index contributed by atoms with van der Waals surface area (Å²) >= 11 is 0. The van der Waals surface area contributed by atoms with Crippen molar-refractivity contribution in [1.29, 1.82) is 0 Å². The van der Waals surface area contributed by atoms with E-state index in [9.17, 15) is 19.0 Å². The fraction of sp³-hybridized carbons (Fsp3) is 0.950. The molecule has 10 heteroatoms. The molecule has 0 aromatic heterocycles. The molecule has 0 fully saturated rings. The second kappa shape index (κ2) is 33.8. The largest absolute Gasteiger partial charge is 0.756 e. The van der Waals surface area contributed by atoms with Gasteiger partial charge in [-0.3, -0.25) is 14.2 Å². The van der Waals surface area contributed by atoms with Gasteiger partial charge in [-0.1, -0.05) is 168 Å². The van der Waals surface area contributed by atoms with Crippen LogP contribution >= 0.6 is 7.82 Å². The number of hydrogen-bond donors (Lipinski definition) is 0. The molecule has 1 unspecified atom stereocenters. The van der Waals surface area contributed by atoms with Crippen LogP contribution in [0.4, 0.5) is 0 Å². The van der Waals surface area contributed by atoms with Crippen molar-refractivity contribution in [2.45, 2.75) is 200 Å². The third-order valence-corrected chi connectivity index (χ3v) is 9.44. The predicted octanol–water partition coefficient (Wildman–Crippen LogP) is 10.6. The van der Waals surface area contributed by atoms with E-state index >= 15 is 0 Å². The van der Waals surface area contributed by atoms with Crippen molar-refractivity contribution >= 4 is 19.8 Å². The molecule has 0 N–H and O–H groups in total. The van der Waals surface area contributed by atoms with Gasteiger partial charge in [0.25, 0.3) is 7.82 Å². The fourth-order valence-corrected chi connectivity index (χ4v) is 6.10. The van der Waals surface area contributed by atoms with Crippen LogP contribution in [0.3, 0.4) is 0 Å². The number of hydrogen-bond acceptors (Lipinski definition) is 8.